The Morgan fingerprint density at radius 1 is 0.244 bits per heavy atom. The predicted octanol–water partition coefficient (Wildman–Crippen LogP) is 24.9. The minimum Gasteiger partial charge on any atom is -0.334 e. The van der Waals surface area contributed by atoms with Crippen LogP contribution in [0.5, 0.6) is 0 Å². The molecule has 6 heteroatoms. The average Bonchev–Trinajstić information content (AvgIpc) is 1.78. The van der Waals surface area contributed by atoms with Crippen molar-refractivity contribution >= 4 is 126 Å². The highest BCUT2D eigenvalue weighted by Crippen LogP contribution is 2.46. The number of para-hydroxylation sites is 3. The van der Waals surface area contributed by atoms with Crippen molar-refractivity contribution in [1.29, 1.82) is 0 Å². The fraction of sp³-hybridized carbons (Fsp3) is 0.0238. The van der Waals surface area contributed by atoms with Crippen molar-refractivity contribution in [2.75, 3.05) is 19.6 Å². The highest BCUT2D eigenvalue weighted by Gasteiger charge is 2.22. The fourth-order valence-electron chi connectivity index (χ4n) is 13.0. The molecule has 13 aromatic carbocycles. The van der Waals surface area contributed by atoms with Crippen molar-refractivity contribution in [3.05, 3.63) is 346 Å². The van der Waals surface area contributed by atoms with E-state index < -0.39 is 0 Å². The van der Waals surface area contributed by atoms with Crippen molar-refractivity contribution < 1.29 is 0 Å². The Hall–Kier alpha value is -11.0. The minimum atomic E-state index is 0.205. The van der Waals surface area contributed by atoms with Crippen LogP contribution in [-0.2, 0) is 0 Å². The first-order chi connectivity index (χ1) is 44.6. The van der Waals surface area contributed by atoms with Crippen LogP contribution in [0.2, 0.25) is 0 Å². The quantitative estimate of drug-likeness (QED) is 0.101. The molecule has 90 heavy (non-hydrogen) atoms. The lowest BCUT2D eigenvalue weighted by molar-refractivity contribution is 0.785. The Labute approximate surface area is 533 Å². The van der Waals surface area contributed by atoms with Crippen LogP contribution in [0.15, 0.2) is 346 Å². The number of fused-ring (bicyclic) bond motifs is 6. The first-order valence-electron chi connectivity index (χ1n) is 30.7. The van der Waals surface area contributed by atoms with Crippen LogP contribution in [0.4, 0.5) is 62.6 Å². The number of nitrogens with zero attached hydrogens (tertiary/aromatic N) is 4. The molecule has 16 rings (SSSR count). The van der Waals surface area contributed by atoms with Crippen LogP contribution in [0.1, 0.15) is 6.42 Å². The fourth-order valence-corrected chi connectivity index (χ4v) is 15.5. The summed E-state index contributed by atoms with van der Waals surface area (Å²) in [5.41, 5.74) is 19.2. The van der Waals surface area contributed by atoms with Gasteiger partial charge in [-0.25, -0.2) is 0 Å². The van der Waals surface area contributed by atoms with E-state index in [2.05, 4.69) is 365 Å². The van der Waals surface area contributed by atoms with Gasteiger partial charge in [0.2, 0.25) is 0 Å². The molecule has 0 spiro atoms. The van der Waals surface area contributed by atoms with Gasteiger partial charge in [-0.05, 0) is 185 Å². The molecular formula is C84H60N4S2. The number of hydrogen-bond donors (Lipinski definition) is 0. The third kappa shape index (κ3) is 10.4. The molecule has 2 aromatic heterocycles. The van der Waals surface area contributed by atoms with Gasteiger partial charge in [0.15, 0.2) is 0 Å². The molecule has 0 fully saturated rings. The number of anilines is 11. The van der Waals surface area contributed by atoms with E-state index in [0.29, 0.717) is 0 Å². The van der Waals surface area contributed by atoms with Gasteiger partial charge in [0, 0.05) is 103 Å². The Kier molecular flexibility index (Phi) is 14.5. The highest BCUT2D eigenvalue weighted by atomic mass is 32.1. The molecule has 1 aliphatic rings. The summed E-state index contributed by atoms with van der Waals surface area (Å²) in [5, 5.41) is 5.22. The summed E-state index contributed by atoms with van der Waals surface area (Å²) in [6, 6.07) is 117. The van der Waals surface area contributed by atoms with E-state index in [4.69, 9.17) is 0 Å². The second-order valence-electron chi connectivity index (χ2n) is 22.8. The lowest BCUT2D eigenvalue weighted by atomic mass is 10.0. The molecule has 0 aliphatic heterocycles. The van der Waals surface area contributed by atoms with E-state index in [9.17, 15) is 0 Å². The molecule has 1 unspecified atom stereocenters. The lowest BCUT2D eigenvalue weighted by Gasteiger charge is -2.33. The SMILES string of the molecule is C1=CCC(N(c2ccccc2)c2ccc(N(c3ccc(-c4ccc(N(c5ccc(-c6cccc7c6sc6ccccc67)cc5)c5ccc(N(c6ccccc6)c6ccccc6)cc5)cc4)cc3)c3ccc(-c4cccc5c4sc4ccccc45)cc3)cc2)C=C1. The molecule has 2 heterocycles. The van der Waals surface area contributed by atoms with E-state index in [1.54, 1.807) is 0 Å². The van der Waals surface area contributed by atoms with Crippen LogP contribution in [0.25, 0.3) is 73.7 Å². The largest absolute Gasteiger partial charge is 0.334 e. The minimum absolute atomic E-state index is 0.205. The van der Waals surface area contributed by atoms with Crippen molar-refractivity contribution in [2.24, 2.45) is 0 Å². The van der Waals surface area contributed by atoms with E-state index in [-0.39, 0.29) is 6.04 Å². The Morgan fingerprint density at radius 2 is 0.544 bits per heavy atom. The molecule has 15 aromatic rings. The molecular weight excluding hydrogens is 1130 g/mol. The maximum absolute atomic E-state index is 2.45. The van der Waals surface area contributed by atoms with Gasteiger partial charge in [-0.1, -0.05) is 200 Å². The number of thiophene rings is 2. The number of allylic oxidation sites excluding steroid dienone is 2. The number of benzene rings is 13. The van der Waals surface area contributed by atoms with Crippen molar-refractivity contribution in [3.8, 4) is 33.4 Å². The van der Waals surface area contributed by atoms with Gasteiger partial charge >= 0.3 is 0 Å². The van der Waals surface area contributed by atoms with Gasteiger partial charge in [-0.2, -0.15) is 0 Å². The van der Waals surface area contributed by atoms with E-state index in [0.717, 1.165) is 74.4 Å². The average molecular weight is 1190 g/mol. The highest BCUT2D eigenvalue weighted by molar-refractivity contribution is 7.26. The topological polar surface area (TPSA) is 13.0 Å². The molecule has 0 saturated carbocycles. The van der Waals surface area contributed by atoms with E-state index in [1.165, 1.54) is 68.3 Å². The third-order valence-electron chi connectivity index (χ3n) is 17.4. The smallest absolute Gasteiger partial charge is 0.0559 e. The second-order valence-corrected chi connectivity index (χ2v) is 24.9. The van der Waals surface area contributed by atoms with Crippen LogP contribution >= 0.6 is 22.7 Å². The van der Waals surface area contributed by atoms with Gasteiger partial charge in [0.05, 0.1) is 6.04 Å². The lowest BCUT2D eigenvalue weighted by Crippen LogP contribution is -2.29. The molecule has 0 saturated heterocycles. The van der Waals surface area contributed by atoms with Gasteiger partial charge in [-0.15, -0.1) is 22.7 Å². The van der Waals surface area contributed by atoms with Crippen LogP contribution < -0.4 is 19.6 Å². The van der Waals surface area contributed by atoms with Crippen LogP contribution in [0, 0.1) is 0 Å². The summed E-state index contributed by atoms with van der Waals surface area (Å²) in [5.74, 6) is 0. The van der Waals surface area contributed by atoms with Gasteiger partial charge in [0.1, 0.15) is 0 Å². The monoisotopic (exact) mass is 1190 g/mol. The van der Waals surface area contributed by atoms with Gasteiger partial charge in [-0.3, -0.25) is 0 Å². The molecule has 1 aliphatic carbocycles. The first kappa shape index (κ1) is 54.4. The Bertz CT molecular complexity index is 5020. The van der Waals surface area contributed by atoms with Crippen LogP contribution in [0.3, 0.4) is 0 Å². The normalized spacial score (nSPS) is 12.9. The van der Waals surface area contributed by atoms with Gasteiger partial charge < -0.3 is 19.6 Å². The van der Waals surface area contributed by atoms with Crippen LogP contribution in [-0.4, -0.2) is 6.04 Å². The third-order valence-corrected chi connectivity index (χ3v) is 19.8. The Balaban J connectivity index is 0.743. The summed E-state index contributed by atoms with van der Waals surface area (Å²) in [6.45, 7) is 0. The van der Waals surface area contributed by atoms with Crippen molar-refractivity contribution in [1.82, 2.24) is 0 Å². The number of hydrogen-bond acceptors (Lipinski definition) is 6. The molecule has 4 nitrogen and oxygen atoms in total. The number of rotatable bonds is 15. The summed E-state index contributed by atoms with van der Waals surface area (Å²) >= 11 is 3.74. The van der Waals surface area contributed by atoms with Crippen molar-refractivity contribution in [2.45, 2.75) is 12.5 Å². The zero-order valence-electron chi connectivity index (χ0n) is 49.3. The second kappa shape index (κ2) is 23.9. The van der Waals surface area contributed by atoms with E-state index >= 15 is 0 Å². The summed E-state index contributed by atoms with van der Waals surface area (Å²) in [7, 11) is 0. The molecule has 0 radical (unpaired) electrons. The Morgan fingerprint density at radius 3 is 0.922 bits per heavy atom. The zero-order valence-corrected chi connectivity index (χ0v) is 50.9. The zero-order chi connectivity index (χ0) is 59.7. The molecule has 0 bridgehead atoms. The summed E-state index contributed by atoms with van der Waals surface area (Å²) in [4.78, 5) is 9.51. The van der Waals surface area contributed by atoms with E-state index in [1.807, 2.05) is 22.7 Å². The molecule has 1 atom stereocenters. The molecule has 0 amide bonds. The first-order valence-corrected chi connectivity index (χ1v) is 32.4. The maximum Gasteiger partial charge on any atom is 0.0559 e. The standard InChI is InChI=1S/C84H60N4S2/c1-5-19-63(20-6-1)85(64-21-7-2-8-22-64)71-51-55-73(56-52-71)87(69-47-39-61(40-48-69)75-29-17-31-79-77-27-13-15-33-81(77)89-83(75)79)67-43-35-59(36-44-67)60-37-45-68(46-38-60)88(74-57-53-72(54-58-74)86(65-23-9-3-10-24-65)66-25-11-4-12-26-66)70-49-41-62(42-50-70)76-30-18-32-80-78-28-14-16-34-82(78)90-84(76)80/h1-25,27-58,66H,26H2. The summed E-state index contributed by atoms with van der Waals surface area (Å²) in [6.07, 6.45) is 9.81. The maximum atomic E-state index is 2.45. The summed E-state index contributed by atoms with van der Waals surface area (Å²) < 4.78 is 5.25. The van der Waals surface area contributed by atoms with Crippen molar-refractivity contribution in [3.63, 3.8) is 0 Å². The molecule has 0 N–H and O–H groups in total. The predicted molar refractivity (Wildman–Crippen MR) is 388 cm³/mol. The molecule has 428 valence electrons. The van der Waals surface area contributed by atoms with Gasteiger partial charge in [0.25, 0.3) is 0 Å².